The van der Waals surface area contributed by atoms with Crippen LogP contribution in [-0.2, 0) is 16.8 Å². The number of aromatic amines is 1. The fourth-order valence-corrected chi connectivity index (χ4v) is 3.14. The van der Waals surface area contributed by atoms with Gasteiger partial charge in [0.2, 0.25) is 5.91 Å². The molecule has 1 atom stereocenters. The third-order valence-corrected chi connectivity index (χ3v) is 4.84. The Morgan fingerprint density at radius 3 is 2.25 bits per heavy atom. The molecular formula is C22H25N3O3. The Balaban J connectivity index is 1.75. The van der Waals surface area contributed by atoms with Crippen molar-refractivity contribution < 1.29 is 4.79 Å². The van der Waals surface area contributed by atoms with E-state index in [1.807, 2.05) is 19.1 Å². The van der Waals surface area contributed by atoms with Crippen LogP contribution in [-0.4, -0.2) is 15.7 Å². The molecule has 0 radical (unpaired) electrons. The second-order valence-electron chi connectivity index (χ2n) is 8.04. The van der Waals surface area contributed by atoms with Gasteiger partial charge in [-0.1, -0.05) is 57.2 Å². The molecule has 0 aliphatic heterocycles. The number of nitrogens with one attached hydrogen (secondary N) is 2. The lowest BCUT2D eigenvalue weighted by molar-refractivity contribution is -0.122. The predicted molar refractivity (Wildman–Crippen MR) is 111 cm³/mol. The molecule has 0 bridgehead atoms. The molecule has 3 aromatic rings. The molecule has 0 spiro atoms. The van der Waals surface area contributed by atoms with Crippen LogP contribution in [0.15, 0.2) is 58.1 Å². The minimum absolute atomic E-state index is 0.0636. The number of benzene rings is 2. The average Bonchev–Trinajstić information content (AvgIpc) is 2.65. The molecule has 0 saturated carbocycles. The Morgan fingerprint density at radius 1 is 1.04 bits per heavy atom. The summed E-state index contributed by atoms with van der Waals surface area (Å²) in [5.74, 6) is -0.347. The van der Waals surface area contributed by atoms with Crippen molar-refractivity contribution in [2.24, 2.45) is 0 Å². The average molecular weight is 379 g/mol. The van der Waals surface area contributed by atoms with E-state index in [9.17, 15) is 14.4 Å². The first-order valence-electron chi connectivity index (χ1n) is 9.28. The van der Waals surface area contributed by atoms with E-state index < -0.39 is 11.1 Å². The number of amides is 1. The van der Waals surface area contributed by atoms with E-state index in [4.69, 9.17) is 0 Å². The van der Waals surface area contributed by atoms with Gasteiger partial charge in [-0.25, -0.2) is 4.68 Å². The molecule has 3 rings (SSSR count). The summed E-state index contributed by atoms with van der Waals surface area (Å²) >= 11 is 0. The van der Waals surface area contributed by atoms with Gasteiger partial charge in [0.25, 0.3) is 11.1 Å². The van der Waals surface area contributed by atoms with Gasteiger partial charge in [-0.05, 0) is 35.6 Å². The molecule has 0 unspecified atom stereocenters. The first kappa shape index (κ1) is 19.6. The normalized spacial score (nSPS) is 12.7. The Bertz CT molecular complexity index is 1120. The number of rotatable bonds is 4. The predicted octanol–water partition coefficient (Wildman–Crippen LogP) is 2.86. The zero-order valence-corrected chi connectivity index (χ0v) is 16.6. The third-order valence-electron chi connectivity index (χ3n) is 4.84. The van der Waals surface area contributed by atoms with Gasteiger partial charge in [-0.2, -0.15) is 0 Å². The second kappa shape index (κ2) is 7.46. The molecule has 28 heavy (non-hydrogen) atoms. The van der Waals surface area contributed by atoms with Crippen LogP contribution in [0, 0.1) is 0 Å². The molecule has 0 aliphatic carbocycles. The van der Waals surface area contributed by atoms with Crippen LogP contribution in [0.5, 0.6) is 0 Å². The number of carbonyl (C=O) groups is 1. The van der Waals surface area contributed by atoms with E-state index in [0.717, 1.165) is 10.2 Å². The number of aromatic nitrogens is 2. The number of carbonyl (C=O) groups excluding carboxylic acids is 1. The Hall–Kier alpha value is -3.15. The van der Waals surface area contributed by atoms with Crippen molar-refractivity contribution in [3.05, 3.63) is 80.4 Å². The zero-order chi connectivity index (χ0) is 20.5. The van der Waals surface area contributed by atoms with Gasteiger partial charge >= 0.3 is 0 Å². The van der Waals surface area contributed by atoms with Crippen LogP contribution in [0.1, 0.15) is 44.9 Å². The van der Waals surface area contributed by atoms with E-state index in [-0.39, 0.29) is 23.9 Å². The maximum absolute atomic E-state index is 12.5. The minimum atomic E-state index is -0.396. The maximum atomic E-state index is 12.5. The first-order chi connectivity index (χ1) is 13.2. The van der Waals surface area contributed by atoms with E-state index >= 15 is 0 Å². The summed E-state index contributed by atoms with van der Waals surface area (Å²) in [4.78, 5) is 37.1. The number of nitrogens with zero attached hydrogens (tertiary/aromatic N) is 1. The van der Waals surface area contributed by atoms with Crippen molar-refractivity contribution in [1.82, 2.24) is 15.1 Å². The number of hydrogen-bond donors (Lipinski definition) is 2. The van der Waals surface area contributed by atoms with Gasteiger partial charge in [-0.3, -0.25) is 19.5 Å². The summed E-state index contributed by atoms with van der Waals surface area (Å²) in [7, 11) is 0. The fraction of sp³-hybridized carbons (Fsp3) is 0.318. The lowest BCUT2D eigenvalue weighted by Crippen LogP contribution is -2.37. The molecule has 6 heteroatoms. The van der Waals surface area contributed by atoms with E-state index in [1.165, 1.54) is 5.56 Å². The highest BCUT2D eigenvalue weighted by molar-refractivity contribution is 5.81. The second-order valence-corrected chi connectivity index (χ2v) is 8.04. The summed E-state index contributed by atoms with van der Waals surface area (Å²) in [5, 5.41) is 5.96. The summed E-state index contributed by atoms with van der Waals surface area (Å²) in [6, 6.07) is 14.4. The molecule has 0 aliphatic rings. The molecule has 2 aromatic carbocycles. The quantitative estimate of drug-likeness (QED) is 0.731. The van der Waals surface area contributed by atoms with Gasteiger partial charge in [0, 0.05) is 0 Å². The molecule has 1 heterocycles. The van der Waals surface area contributed by atoms with E-state index in [2.05, 4.69) is 43.3 Å². The number of hydrogen-bond acceptors (Lipinski definition) is 3. The lowest BCUT2D eigenvalue weighted by atomic mass is 9.86. The lowest BCUT2D eigenvalue weighted by Gasteiger charge is -2.21. The van der Waals surface area contributed by atoms with Crippen molar-refractivity contribution in [1.29, 1.82) is 0 Å². The van der Waals surface area contributed by atoms with Crippen LogP contribution < -0.4 is 16.4 Å². The Morgan fingerprint density at radius 2 is 1.64 bits per heavy atom. The maximum Gasteiger partial charge on any atom is 0.273 e. The summed E-state index contributed by atoms with van der Waals surface area (Å²) in [6.07, 6.45) is 0. The van der Waals surface area contributed by atoms with Crippen LogP contribution in [0.4, 0.5) is 0 Å². The fourth-order valence-electron chi connectivity index (χ4n) is 3.14. The number of H-pyrrole nitrogens is 1. The molecule has 1 amide bonds. The van der Waals surface area contributed by atoms with Crippen molar-refractivity contribution in [3.8, 4) is 0 Å². The van der Waals surface area contributed by atoms with Crippen molar-refractivity contribution >= 4 is 16.7 Å². The Labute approximate surface area is 163 Å². The van der Waals surface area contributed by atoms with Crippen molar-refractivity contribution in [3.63, 3.8) is 0 Å². The highest BCUT2D eigenvalue weighted by Gasteiger charge is 2.16. The van der Waals surface area contributed by atoms with Gasteiger partial charge in [0.15, 0.2) is 0 Å². The van der Waals surface area contributed by atoms with Gasteiger partial charge in [0.05, 0.1) is 16.8 Å². The molecule has 6 nitrogen and oxygen atoms in total. The van der Waals surface area contributed by atoms with E-state index in [1.54, 1.807) is 24.3 Å². The van der Waals surface area contributed by atoms with Crippen LogP contribution in [0.2, 0.25) is 0 Å². The molecule has 0 saturated heterocycles. The van der Waals surface area contributed by atoms with Crippen LogP contribution >= 0.6 is 0 Å². The smallest absolute Gasteiger partial charge is 0.273 e. The summed E-state index contributed by atoms with van der Waals surface area (Å²) in [5.41, 5.74) is 1.46. The molecule has 146 valence electrons. The van der Waals surface area contributed by atoms with Gasteiger partial charge in [0.1, 0.15) is 6.54 Å². The summed E-state index contributed by atoms with van der Waals surface area (Å²) in [6.45, 7) is 8.08. The zero-order valence-electron chi connectivity index (χ0n) is 16.6. The minimum Gasteiger partial charge on any atom is -0.348 e. The van der Waals surface area contributed by atoms with Gasteiger partial charge in [-0.15, -0.1) is 0 Å². The first-order valence-corrected chi connectivity index (χ1v) is 9.28. The summed E-state index contributed by atoms with van der Waals surface area (Å²) < 4.78 is 1.05. The van der Waals surface area contributed by atoms with Crippen molar-refractivity contribution in [2.75, 3.05) is 0 Å². The van der Waals surface area contributed by atoms with Crippen LogP contribution in [0.25, 0.3) is 10.8 Å². The standard InChI is InChI=1S/C22H25N3O3/c1-14(15-9-11-16(12-10-15)22(2,3)4)23-19(26)13-25-21(28)18-8-6-5-7-17(18)20(27)24-25/h5-12,14H,13H2,1-4H3,(H,23,26)(H,24,27)/t14-/m1/s1. The van der Waals surface area contributed by atoms with Crippen molar-refractivity contribution in [2.45, 2.75) is 45.7 Å². The number of fused-ring (bicyclic) bond motifs is 1. The Kier molecular flexibility index (Phi) is 5.23. The SMILES string of the molecule is C[C@@H](NC(=O)Cn1[nH]c(=O)c2ccccc2c1=O)c1ccc(C(C)(C)C)cc1. The third kappa shape index (κ3) is 4.06. The largest absolute Gasteiger partial charge is 0.348 e. The highest BCUT2D eigenvalue weighted by Crippen LogP contribution is 2.23. The highest BCUT2D eigenvalue weighted by atomic mass is 16.2. The molecular weight excluding hydrogens is 354 g/mol. The van der Waals surface area contributed by atoms with Crippen LogP contribution in [0.3, 0.4) is 0 Å². The monoisotopic (exact) mass is 379 g/mol. The topological polar surface area (TPSA) is 84.0 Å². The van der Waals surface area contributed by atoms with Gasteiger partial charge < -0.3 is 5.32 Å². The molecule has 2 N–H and O–H groups in total. The van der Waals surface area contributed by atoms with E-state index in [0.29, 0.717) is 10.8 Å². The molecule has 1 aromatic heterocycles. The molecule has 0 fully saturated rings.